The Morgan fingerprint density at radius 1 is 0.371 bits per heavy atom. The smallest absolute Gasteiger partial charge is 0.224 e. The van der Waals surface area contributed by atoms with Crippen LogP contribution in [-0.4, -0.2) is 119 Å². The predicted octanol–water partition coefficient (Wildman–Crippen LogP) is 1.94. The van der Waals surface area contributed by atoms with Crippen molar-refractivity contribution < 1.29 is 38.4 Å². The number of ketones is 3. The summed E-state index contributed by atoms with van der Waals surface area (Å²) in [6, 6.07) is 0. The van der Waals surface area contributed by atoms with Gasteiger partial charge in [-0.05, 0) is 25.7 Å². The summed E-state index contributed by atoms with van der Waals surface area (Å²) in [7, 11) is 0. The number of carbonyl (C=O) groups is 8. The molecule has 0 saturated heterocycles. The van der Waals surface area contributed by atoms with Gasteiger partial charge in [0.1, 0.15) is 17.3 Å². The summed E-state index contributed by atoms with van der Waals surface area (Å²) in [5.74, 6) is -7.31. The van der Waals surface area contributed by atoms with Gasteiger partial charge >= 0.3 is 0 Å². The number of nitrogens with two attached hydrogens (primary N) is 2. The van der Waals surface area contributed by atoms with E-state index in [0.29, 0.717) is 78.3 Å². The minimum Gasteiger partial charge on any atom is -0.356 e. The first kappa shape index (κ1) is 58.2. The second-order valence-electron chi connectivity index (χ2n) is 16.3. The molecule has 5 amide bonds. The maximum absolute atomic E-state index is 14.2. The quantitative estimate of drug-likeness (QED) is 0.0398. The van der Waals surface area contributed by atoms with Crippen molar-refractivity contribution in [2.75, 3.05) is 72.0 Å². The second kappa shape index (κ2) is 38.8. The molecule has 0 aromatic carbocycles. The fourth-order valence-electron chi connectivity index (χ4n) is 6.89. The lowest BCUT2D eigenvalue weighted by molar-refractivity contribution is -0.137. The predicted molar refractivity (Wildman–Crippen MR) is 244 cm³/mol. The molecule has 62 heavy (non-hydrogen) atoms. The standard InChI is InChI=1S/C45H85N9O8/c1-5-9-12-14-19-50-41(58)32-35(28-38(55)27-34(8-4)43(60)53-20-15-13-10-6-2)40(57)31-36(44(61)54-26-24-49-22-17-47)29-39(56)30-37(45(62)52-18-11-7-3)33-42(59)51-25-23-48-21-16-46/h34-37,48-49H,5-33,46-47H2,1-4H3,(H,50,58)(H,51,59)(H,52,62)(H,53,60)(H,54,61). The summed E-state index contributed by atoms with van der Waals surface area (Å²) >= 11 is 0. The number of carbonyl (C=O) groups excluding carboxylic acids is 8. The van der Waals surface area contributed by atoms with Crippen molar-refractivity contribution >= 4 is 46.9 Å². The molecule has 0 heterocycles. The van der Waals surface area contributed by atoms with Gasteiger partial charge in [-0.1, -0.05) is 72.6 Å². The van der Waals surface area contributed by atoms with E-state index < -0.39 is 71.7 Å². The molecule has 358 valence electrons. The first-order chi connectivity index (χ1) is 29.9. The van der Waals surface area contributed by atoms with Crippen LogP contribution in [0.1, 0.15) is 143 Å². The zero-order valence-corrected chi connectivity index (χ0v) is 38.7. The Morgan fingerprint density at radius 3 is 1.26 bits per heavy atom. The van der Waals surface area contributed by atoms with Crippen molar-refractivity contribution in [3.8, 4) is 0 Å². The van der Waals surface area contributed by atoms with Crippen LogP contribution >= 0.6 is 0 Å². The highest BCUT2D eigenvalue weighted by Crippen LogP contribution is 2.23. The lowest BCUT2D eigenvalue weighted by atomic mass is 9.83. The molecule has 0 aliphatic rings. The van der Waals surface area contributed by atoms with Gasteiger partial charge in [-0.25, -0.2) is 0 Å². The number of hydrogen-bond donors (Lipinski definition) is 9. The van der Waals surface area contributed by atoms with Crippen molar-refractivity contribution in [1.29, 1.82) is 0 Å². The highest BCUT2D eigenvalue weighted by atomic mass is 16.2. The van der Waals surface area contributed by atoms with Gasteiger partial charge in [-0.3, -0.25) is 38.4 Å². The summed E-state index contributed by atoms with van der Waals surface area (Å²) < 4.78 is 0. The molecule has 17 heteroatoms. The number of rotatable bonds is 42. The molecule has 0 rings (SSSR count). The Morgan fingerprint density at radius 2 is 0.758 bits per heavy atom. The zero-order valence-electron chi connectivity index (χ0n) is 38.7. The van der Waals surface area contributed by atoms with Crippen LogP contribution in [0.15, 0.2) is 0 Å². The Balaban J connectivity index is 6.29. The molecule has 4 atom stereocenters. The van der Waals surface area contributed by atoms with E-state index in [-0.39, 0.29) is 50.3 Å². The van der Waals surface area contributed by atoms with Crippen LogP contribution in [0.5, 0.6) is 0 Å². The Kier molecular flexibility index (Phi) is 36.5. The van der Waals surface area contributed by atoms with Crippen LogP contribution in [-0.2, 0) is 38.4 Å². The van der Waals surface area contributed by atoms with E-state index in [1.54, 1.807) is 0 Å². The Labute approximate surface area is 372 Å². The van der Waals surface area contributed by atoms with Gasteiger partial charge < -0.3 is 48.7 Å². The number of Topliss-reactive ketones (excluding diaryl/α,β-unsaturated/α-hetero) is 3. The number of nitrogens with one attached hydrogen (secondary N) is 7. The van der Waals surface area contributed by atoms with Crippen LogP contribution in [0.25, 0.3) is 0 Å². The van der Waals surface area contributed by atoms with Crippen LogP contribution in [0.3, 0.4) is 0 Å². The molecule has 0 spiro atoms. The monoisotopic (exact) mass is 880 g/mol. The van der Waals surface area contributed by atoms with Gasteiger partial charge in [-0.2, -0.15) is 0 Å². The van der Waals surface area contributed by atoms with Crippen molar-refractivity contribution in [2.45, 2.75) is 143 Å². The lowest BCUT2D eigenvalue weighted by Gasteiger charge is -2.22. The third-order valence-electron chi connectivity index (χ3n) is 10.6. The van der Waals surface area contributed by atoms with E-state index in [0.717, 1.165) is 57.8 Å². The maximum atomic E-state index is 14.2. The van der Waals surface area contributed by atoms with E-state index >= 15 is 0 Å². The lowest BCUT2D eigenvalue weighted by Crippen LogP contribution is -2.40. The van der Waals surface area contributed by atoms with E-state index in [9.17, 15) is 38.4 Å². The molecule has 0 fully saturated rings. The Bertz CT molecular complexity index is 1300. The van der Waals surface area contributed by atoms with Crippen LogP contribution in [0.4, 0.5) is 0 Å². The summed E-state index contributed by atoms with van der Waals surface area (Å²) in [5, 5.41) is 20.3. The van der Waals surface area contributed by atoms with Gasteiger partial charge in [0.2, 0.25) is 29.5 Å². The molecule has 4 unspecified atom stereocenters. The molecule has 0 saturated carbocycles. The third-order valence-corrected chi connectivity index (χ3v) is 10.6. The molecule has 0 radical (unpaired) electrons. The molecule has 0 aromatic heterocycles. The summed E-state index contributed by atoms with van der Waals surface area (Å²) in [4.78, 5) is 108. The van der Waals surface area contributed by atoms with Gasteiger partial charge in [0.25, 0.3) is 0 Å². The molecule has 17 nitrogen and oxygen atoms in total. The molecule has 0 bridgehead atoms. The molecule has 0 aliphatic heterocycles. The average molecular weight is 880 g/mol. The van der Waals surface area contributed by atoms with E-state index in [4.69, 9.17) is 11.5 Å². The van der Waals surface area contributed by atoms with Crippen molar-refractivity contribution in [2.24, 2.45) is 35.1 Å². The van der Waals surface area contributed by atoms with Gasteiger partial charge in [0.05, 0.1) is 11.8 Å². The minimum atomic E-state index is -1.17. The van der Waals surface area contributed by atoms with Crippen LogP contribution in [0, 0.1) is 23.7 Å². The second-order valence-corrected chi connectivity index (χ2v) is 16.3. The van der Waals surface area contributed by atoms with Crippen LogP contribution < -0.4 is 48.7 Å². The van der Waals surface area contributed by atoms with Gasteiger partial charge in [-0.15, -0.1) is 0 Å². The van der Waals surface area contributed by atoms with Crippen LogP contribution in [0.2, 0.25) is 0 Å². The normalized spacial score (nSPS) is 13.0. The van der Waals surface area contributed by atoms with Crippen molar-refractivity contribution in [3.63, 3.8) is 0 Å². The largest absolute Gasteiger partial charge is 0.356 e. The fourth-order valence-corrected chi connectivity index (χ4v) is 6.89. The summed E-state index contributed by atoms with van der Waals surface area (Å²) in [6.45, 7) is 12.6. The Hall–Kier alpha value is -3.80. The molecular weight excluding hydrogens is 795 g/mol. The topological polar surface area (TPSA) is 273 Å². The van der Waals surface area contributed by atoms with Crippen molar-refractivity contribution in [1.82, 2.24) is 37.2 Å². The number of unbranched alkanes of at least 4 members (excludes halogenated alkanes) is 7. The highest BCUT2D eigenvalue weighted by molar-refractivity contribution is 5.97. The van der Waals surface area contributed by atoms with Gasteiger partial charge in [0.15, 0.2) is 0 Å². The third kappa shape index (κ3) is 30.3. The van der Waals surface area contributed by atoms with E-state index in [1.807, 2.05) is 13.8 Å². The first-order valence-electron chi connectivity index (χ1n) is 23.6. The average Bonchev–Trinajstić information content (AvgIpc) is 3.24. The van der Waals surface area contributed by atoms with Gasteiger partial charge in [0, 0.05) is 129 Å². The molecule has 11 N–H and O–H groups in total. The molecule has 0 aliphatic carbocycles. The van der Waals surface area contributed by atoms with Crippen molar-refractivity contribution in [3.05, 3.63) is 0 Å². The first-order valence-corrected chi connectivity index (χ1v) is 23.6. The minimum absolute atomic E-state index is 0.0998. The molecular formula is C45H85N9O8. The highest BCUT2D eigenvalue weighted by Gasteiger charge is 2.33. The van der Waals surface area contributed by atoms with E-state index in [2.05, 4.69) is 51.1 Å². The number of amides is 5. The fraction of sp³-hybridized carbons (Fsp3) is 0.822. The summed E-state index contributed by atoms with van der Waals surface area (Å²) in [6.07, 6.45) is 7.54. The SMILES string of the molecule is CCCCCCNC(=O)CC(CC(=O)CC(CC)C(=O)NCCCCCC)C(=O)CC(CC(=O)CC(CC(=O)NCCNCCN)C(=O)NCCCC)C(=O)NCCNCCN. The zero-order chi connectivity index (χ0) is 46.4. The number of hydrogen-bond acceptors (Lipinski definition) is 12. The maximum Gasteiger partial charge on any atom is 0.224 e. The molecule has 0 aromatic rings. The summed E-state index contributed by atoms with van der Waals surface area (Å²) in [5.41, 5.74) is 11.1. The van der Waals surface area contributed by atoms with E-state index in [1.165, 1.54) is 0 Å².